The predicted molar refractivity (Wildman–Crippen MR) is 271 cm³/mol. The molecule has 1 spiro atoms. The quantitative estimate of drug-likeness (QED) is 0.172. The molecule has 11 aromatic carbocycles. The lowest BCUT2D eigenvalue weighted by Gasteiger charge is -2.33. The molecule has 0 fully saturated rings. The third kappa shape index (κ3) is 5.05. The smallest absolute Gasteiger partial charge is 0.143 e. The largest absolute Gasteiger partial charge is 0.455 e. The van der Waals surface area contributed by atoms with E-state index in [1.165, 1.54) is 66.1 Å². The molecule has 2 aliphatic rings. The topological polar surface area (TPSA) is 16.4 Å². The first-order valence-corrected chi connectivity index (χ1v) is 22.5. The van der Waals surface area contributed by atoms with Crippen LogP contribution in [0, 0.1) is 0 Å². The fourth-order valence-electron chi connectivity index (χ4n) is 11.6. The van der Waals surface area contributed by atoms with Crippen LogP contribution in [-0.2, 0) is 5.41 Å². The van der Waals surface area contributed by atoms with Gasteiger partial charge in [-0.3, -0.25) is 0 Å². The van der Waals surface area contributed by atoms with Crippen molar-refractivity contribution in [3.8, 4) is 44.5 Å². The van der Waals surface area contributed by atoms with Crippen molar-refractivity contribution in [2.75, 3.05) is 4.90 Å². The number of anilines is 3. The maximum atomic E-state index is 7.18. The van der Waals surface area contributed by atoms with Crippen molar-refractivity contribution in [3.05, 3.63) is 259 Å². The van der Waals surface area contributed by atoms with E-state index in [4.69, 9.17) is 4.42 Å². The number of nitrogens with zero attached hydrogens (tertiary/aromatic N) is 1. The maximum Gasteiger partial charge on any atom is 0.143 e. The summed E-state index contributed by atoms with van der Waals surface area (Å²) in [4.78, 5) is 2.49. The van der Waals surface area contributed by atoms with Crippen LogP contribution in [0.25, 0.3) is 88.0 Å². The lowest BCUT2D eigenvalue weighted by molar-refractivity contribution is 0.670. The van der Waals surface area contributed by atoms with E-state index in [0.717, 1.165) is 61.3 Å². The molecule has 0 saturated carbocycles. The third-order valence-electron chi connectivity index (χ3n) is 14.2. The Morgan fingerprint density at radius 2 is 0.923 bits per heavy atom. The number of benzene rings is 11. The van der Waals surface area contributed by atoms with Crippen LogP contribution >= 0.6 is 0 Å². The highest BCUT2D eigenvalue weighted by Crippen LogP contribution is 2.63. The van der Waals surface area contributed by atoms with Gasteiger partial charge in [0.15, 0.2) is 0 Å². The van der Waals surface area contributed by atoms with Crippen molar-refractivity contribution in [1.29, 1.82) is 0 Å². The summed E-state index contributed by atoms with van der Waals surface area (Å²) in [7, 11) is 0. The van der Waals surface area contributed by atoms with E-state index in [9.17, 15) is 0 Å². The monoisotopic (exact) mass is 825 g/mol. The molecule has 0 bridgehead atoms. The van der Waals surface area contributed by atoms with E-state index in [1.54, 1.807) is 0 Å². The molecule has 0 atom stereocenters. The molecular weight excluding hydrogens is 787 g/mol. The van der Waals surface area contributed by atoms with Gasteiger partial charge in [0.2, 0.25) is 0 Å². The Balaban J connectivity index is 1.08. The van der Waals surface area contributed by atoms with Gasteiger partial charge in [0, 0.05) is 22.2 Å². The Morgan fingerprint density at radius 1 is 0.338 bits per heavy atom. The van der Waals surface area contributed by atoms with Gasteiger partial charge in [-0.05, 0) is 120 Å². The average Bonchev–Trinajstić information content (AvgIpc) is 4.00. The molecule has 14 rings (SSSR count). The van der Waals surface area contributed by atoms with Gasteiger partial charge in [0.1, 0.15) is 11.2 Å². The molecule has 0 radical (unpaired) electrons. The minimum Gasteiger partial charge on any atom is -0.455 e. The summed E-state index contributed by atoms with van der Waals surface area (Å²) in [6, 6.07) is 87.0. The zero-order valence-electron chi connectivity index (χ0n) is 35.4. The number of para-hydroxylation sites is 1. The summed E-state index contributed by atoms with van der Waals surface area (Å²) in [6.07, 6.45) is 0. The average molecular weight is 826 g/mol. The third-order valence-corrected chi connectivity index (χ3v) is 14.2. The normalized spacial score (nSPS) is 13.0. The molecule has 12 aromatic rings. The molecule has 65 heavy (non-hydrogen) atoms. The lowest BCUT2D eigenvalue weighted by Crippen LogP contribution is -2.26. The second kappa shape index (κ2) is 13.8. The Kier molecular flexibility index (Phi) is 7.64. The van der Waals surface area contributed by atoms with Gasteiger partial charge < -0.3 is 9.32 Å². The number of fused-ring (bicyclic) bond motifs is 15. The van der Waals surface area contributed by atoms with Gasteiger partial charge in [-0.2, -0.15) is 0 Å². The van der Waals surface area contributed by atoms with Crippen LogP contribution in [0.4, 0.5) is 17.1 Å². The van der Waals surface area contributed by atoms with Crippen LogP contribution in [0.5, 0.6) is 0 Å². The summed E-state index contributed by atoms with van der Waals surface area (Å²) in [6.45, 7) is 0. The van der Waals surface area contributed by atoms with Gasteiger partial charge in [-0.15, -0.1) is 0 Å². The Hall–Kier alpha value is -8.46. The second-order valence-electron chi connectivity index (χ2n) is 17.5. The van der Waals surface area contributed by atoms with Crippen molar-refractivity contribution < 1.29 is 4.42 Å². The first-order chi connectivity index (χ1) is 32.3. The minimum atomic E-state index is -0.484. The van der Waals surface area contributed by atoms with Crippen LogP contribution in [-0.4, -0.2) is 0 Å². The molecule has 0 N–H and O–H groups in total. The number of furan rings is 1. The number of rotatable bonds is 5. The summed E-state index contributed by atoms with van der Waals surface area (Å²) < 4.78 is 7.18. The van der Waals surface area contributed by atoms with Gasteiger partial charge >= 0.3 is 0 Å². The Labute approximate surface area is 376 Å². The SMILES string of the molecule is c1ccc(-c2ccccc2N(c2ccc3c(c2)C2(c4ccccc4-c4ccccc42)c2ccccc2-3)c2cccc3oc4c(-c5ccc6ccccc6c5)c5ccccc5cc4c23)cc1. The molecule has 1 heterocycles. The zero-order chi connectivity index (χ0) is 42.6. The standard InChI is InChI=1S/C63H39NO/c1-2-18-41(19-3-1)46-22-11-15-30-57(46)64(45-35-36-51-50-26-10-14-29-55(50)63(56(51)39-45)53-27-12-8-24-48(53)49-25-9-13-28-54(49)63)58-31-16-32-59-61(58)52-38-43-21-6-7-23-47(43)60(62(52)65-59)44-34-33-40-17-4-5-20-42(40)37-44/h1-39H. The highest BCUT2D eigenvalue weighted by molar-refractivity contribution is 6.22. The van der Waals surface area contributed by atoms with Crippen molar-refractivity contribution in [2.45, 2.75) is 5.41 Å². The Bertz CT molecular complexity index is 3850. The maximum absolute atomic E-state index is 7.18. The van der Waals surface area contributed by atoms with E-state index < -0.39 is 5.41 Å². The van der Waals surface area contributed by atoms with Crippen LogP contribution in [0.3, 0.4) is 0 Å². The summed E-state index contributed by atoms with van der Waals surface area (Å²) >= 11 is 0. The van der Waals surface area contributed by atoms with Gasteiger partial charge in [-0.25, -0.2) is 0 Å². The highest BCUT2D eigenvalue weighted by Gasteiger charge is 2.51. The van der Waals surface area contributed by atoms with Crippen LogP contribution in [0.1, 0.15) is 22.3 Å². The molecule has 1 aromatic heterocycles. The highest BCUT2D eigenvalue weighted by atomic mass is 16.3. The number of hydrogen-bond donors (Lipinski definition) is 0. The molecule has 0 saturated heterocycles. The zero-order valence-corrected chi connectivity index (χ0v) is 35.4. The number of hydrogen-bond acceptors (Lipinski definition) is 2. The molecule has 2 nitrogen and oxygen atoms in total. The fourth-order valence-corrected chi connectivity index (χ4v) is 11.6. The van der Waals surface area contributed by atoms with Crippen molar-refractivity contribution in [2.24, 2.45) is 0 Å². The molecule has 2 heteroatoms. The summed E-state index contributed by atoms with van der Waals surface area (Å²) in [5.74, 6) is 0. The van der Waals surface area contributed by atoms with Crippen molar-refractivity contribution >= 4 is 60.5 Å². The van der Waals surface area contributed by atoms with Crippen LogP contribution in [0.15, 0.2) is 241 Å². The summed E-state index contributed by atoms with van der Waals surface area (Å²) in [5, 5.41) is 6.93. The van der Waals surface area contributed by atoms with E-state index in [1.807, 2.05) is 0 Å². The van der Waals surface area contributed by atoms with Crippen molar-refractivity contribution in [1.82, 2.24) is 0 Å². The summed E-state index contributed by atoms with van der Waals surface area (Å²) in [5.41, 5.74) is 19.5. The predicted octanol–water partition coefficient (Wildman–Crippen LogP) is 17.0. The van der Waals surface area contributed by atoms with Crippen molar-refractivity contribution in [3.63, 3.8) is 0 Å². The Morgan fingerprint density at radius 3 is 1.66 bits per heavy atom. The van der Waals surface area contributed by atoms with E-state index in [-0.39, 0.29) is 0 Å². The molecule has 0 amide bonds. The van der Waals surface area contributed by atoms with Gasteiger partial charge in [0.25, 0.3) is 0 Å². The molecule has 0 unspecified atom stereocenters. The minimum absolute atomic E-state index is 0.484. The van der Waals surface area contributed by atoms with Crippen LogP contribution < -0.4 is 4.90 Å². The fraction of sp³-hybridized carbons (Fsp3) is 0.0159. The van der Waals surface area contributed by atoms with Crippen LogP contribution in [0.2, 0.25) is 0 Å². The molecule has 302 valence electrons. The van der Waals surface area contributed by atoms with E-state index >= 15 is 0 Å². The molecule has 2 aliphatic carbocycles. The molecule has 0 aliphatic heterocycles. The van der Waals surface area contributed by atoms with Gasteiger partial charge in [-0.1, -0.05) is 194 Å². The first-order valence-electron chi connectivity index (χ1n) is 22.5. The lowest BCUT2D eigenvalue weighted by atomic mass is 9.70. The second-order valence-corrected chi connectivity index (χ2v) is 17.5. The van der Waals surface area contributed by atoms with E-state index in [0.29, 0.717) is 0 Å². The molecular formula is C63H39NO. The van der Waals surface area contributed by atoms with E-state index in [2.05, 4.69) is 241 Å². The van der Waals surface area contributed by atoms with Gasteiger partial charge in [0.05, 0.1) is 22.2 Å². The first kappa shape index (κ1) is 36.1.